The van der Waals surface area contributed by atoms with Gasteiger partial charge in [-0.15, -0.1) is 0 Å². The topological polar surface area (TPSA) is 35.9 Å². The molecule has 2 saturated heterocycles. The molecule has 0 aliphatic carbocycles. The van der Waals surface area contributed by atoms with Crippen molar-refractivity contribution >= 4 is 0 Å². The summed E-state index contributed by atoms with van der Waals surface area (Å²) in [5.74, 6) is 0. The van der Waals surface area contributed by atoms with Crippen LogP contribution in [0.4, 0.5) is 0 Å². The van der Waals surface area contributed by atoms with Crippen LogP contribution in [-0.2, 0) is 4.74 Å². The molecule has 2 rings (SSSR count). The number of hydrogen-bond acceptors (Lipinski definition) is 4. The number of rotatable bonds is 5. The van der Waals surface area contributed by atoms with Crippen LogP contribution in [0.25, 0.3) is 0 Å². The largest absolute Gasteiger partial charge is 0.389 e. The summed E-state index contributed by atoms with van der Waals surface area (Å²) in [4.78, 5) is 5.03. The van der Waals surface area contributed by atoms with Crippen LogP contribution < -0.4 is 0 Å². The molecule has 106 valence electrons. The predicted octanol–water partition coefficient (Wildman–Crippen LogP) is 0.942. The number of aliphatic hydroxyl groups excluding tert-OH is 1. The molecule has 2 heterocycles. The molecule has 0 saturated carbocycles. The Kier molecular flexibility index (Phi) is 5.42. The highest BCUT2D eigenvalue weighted by molar-refractivity contribution is 4.85. The van der Waals surface area contributed by atoms with Gasteiger partial charge in [0, 0.05) is 32.2 Å². The quantitative estimate of drug-likeness (QED) is 0.794. The van der Waals surface area contributed by atoms with Crippen LogP contribution in [0.5, 0.6) is 0 Å². The molecule has 2 fully saturated rings. The Morgan fingerprint density at radius 1 is 1.22 bits per heavy atom. The summed E-state index contributed by atoms with van der Waals surface area (Å²) < 4.78 is 5.46. The van der Waals surface area contributed by atoms with Crippen molar-refractivity contribution in [3.63, 3.8) is 0 Å². The average Bonchev–Trinajstić information content (AvgIpc) is 2.36. The first-order chi connectivity index (χ1) is 8.65. The van der Waals surface area contributed by atoms with Gasteiger partial charge in [0.1, 0.15) is 0 Å². The van der Waals surface area contributed by atoms with Gasteiger partial charge in [0.15, 0.2) is 0 Å². The highest BCUT2D eigenvalue weighted by Gasteiger charge is 2.29. The molecule has 0 radical (unpaired) electrons. The third-order valence-electron chi connectivity index (χ3n) is 4.01. The van der Waals surface area contributed by atoms with Crippen molar-refractivity contribution in [1.29, 1.82) is 0 Å². The molecular weight excluding hydrogens is 228 g/mol. The van der Waals surface area contributed by atoms with Crippen LogP contribution in [0, 0.1) is 0 Å². The van der Waals surface area contributed by atoms with Gasteiger partial charge in [-0.2, -0.15) is 0 Å². The van der Waals surface area contributed by atoms with Crippen LogP contribution in [0.2, 0.25) is 0 Å². The van der Waals surface area contributed by atoms with Crippen LogP contribution in [0.3, 0.4) is 0 Å². The zero-order valence-corrected chi connectivity index (χ0v) is 11.8. The first-order valence-electron chi connectivity index (χ1n) is 7.41. The molecule has 0 amide bonds. The Morgan fingerprint density at radius 2 is 2.06 bits per heavy atom. The van der Waals surface area contributed by atoms with Crippen molar-refractivity contribution in [2.75, 3.05) is 39.3 Å². The fraction of sp³-hybridized carbons (Fsp3) is 1.00. The molecule has 18 heavy (non-hydrogen) atoms. The standard InChI is InChI=1S/C14H28N2O2/c1-12(2)18-11-14(17)10-15-7-8-16-6-4-3-5-13(16)9-15/h12-14,17H,3-11H2,1-2H3. The van der Waals surface area contributed by atoms with Gasteiger partial charge in [0.2, 0.25) is 0 Å². The summed E-state index contributed by atoms with van der Waals surface area (Å²) in [5, 5.41) is 9.97. The fourth-order valence-electron chi connectivity index (χ4n) is 3.04. The Bertz CT molecular complexity index is 248. The number of ether oxygens (including phenoxy) is 1. The second-order valence-corrected chi connectivity index (χ2v) is 5.98. The molecule has 2 atom stereocenters. The van der Waals surface area contributed by atoms with E-state index in [-0.39, 0.29) is 12.2 Å². The minimum absolute atomic E-state index is 0.204. The van der Waals surface area contributed by atoms with Crippen LogP contribution in [0.1, 0.15) is 33.1 Å². The van der Waals surface area contributed by atoms with Crippen molar-refractivity contribution in [3.05, 3.63) is 0 Å². The van der Waals surface area contributed by atoms with E-state index in [1.165, 1.54) is 32.4 Å². The van der Waals surface area contributed by atoms with E-state index in [4.69, 9.17) is 4.74 Å². The normalized spacial score (nSPS) is 28.3. The van der Waals surface area contributed by atoms with Gasteiger partial charge >= 0.3 is 0 Å². The summed E-state index contributed by atoms with van der Waals surface area (Å²) in [7, 11) is 0. The summed E-state index contributed by atoms with van der Waals surface area (Å²) in [6, 6.07) is 0.728. The molecule has 4 nitrogen and oxygen atoms in total. The lowest BCUT2D eigenvalue weighted by molar-refractivity contribution is -0.0247. The van der Waals surface area contributed by atoms with Crippen molar-refractivity contribution in [2.45, 2.75) is 51.4 Å². The smallest absolute Gasteiger partial charge is 0.0900 e. The van der Waals surface area contributed by atoms with Gasteiger partial charge in [0.05, 0.1) is 18.8 Å². The number of fused-ring (bicyclic) bond motifs is 1. The van der Waals surface area contributed by atoms with Gasteiger partial charge in [-0.3, -0.25) is 9.80 Å². The molecule has 0 bridgehead atoms. The van der Waals surface area contributed by atoms with E-state index in [1.807, 2.05) is 13.8 Å². The van der Waals surface area contributed by atoms with Crippen LogP contribution >= 0.6 is 0 Å². The minimum Gasteiger partial charge on any atom is -0.389 e. The minimum atomic E-state index is -0.345. The molecule has 1 N–H and O–H groups in total. The molecule has 0 aromatic heterocycles. The van der Waals surface area contributed by atoms with E-state index < -0.39 is 0 Å². The summed E-state index contributed by atoms with van der Waals surface area (Å²) in [6.45, 7) is 9.90. The van der Waals surface area contributed by atoms with Gasteiger partial charge < -0.3 is 9.84 Å². The maximum absolute atomic E-state index is 9.97. The third kappa shape index (κ3) is 4.19. The number of aliphatic hydroxyl groups is 1. The second-order valence-electron chi connectivity index (χ2n) is 5.98. The van der Waals surface area contributed by atoms with Crippen molar-refractivity contribution in [2.24, 2.45) is 0 Å². The molecule has 0 aromatic carbocycles. The molecule has 4 heteroatoms. The van der Waals surface area contributed by atoms with Gasteiger partial charge in [0.25, 0.3) is 0 Å². The van der Waals surface area contributed by atoms with Crippen LogP contribution in [0.15, 0.2) is 0 Å². The fourth-order valence-corrected chi connectivity index (χ4v) is 3.04. The first kappa shape index (κ1) is 14.3. The summed E-state index contributed by atoms with van der Waals surface area (Å²) >= 11 is 0. The SMILES string of the molecule is CC(C)OCC(O)CN1CCN2CCCCC2C1. The van der Waals surface area contributed by atoms with Crippen LogP contribution in [-0.4, -0.2) is 72.5 Å². The number of piperazine rings is 1. The lowest BCUT2D eigenvalue weighted by atomic mass is 9.99. The maximum Gasteiger partial charge on any atom is 0.0900 e. The van der Waals surface area contributed by atoms with Crippen molar-refractivity contribution in [1.82, 2.24) is 9.80 Å². The van der Waals surface area contributed by atoms with E-state index in [9.17, 15) is 5.11 Å². The van der Waals surface area contributed by atoms with Crippen molar-refractivity contribution in [3.8, 4) is 0 Å². The molecule has 2 aliphatic heterocycles. The average molecular weight is 256 g/mol. The Morgan fingerprint density at radius 3 is 2.83 bits per heavy atom. The number of nitrogens with zero attached hydrogens (tertiary/aromatic N) is 2. The lowest BCUT2D eigenvalue weighted by Crippen LogP contribution is -2.56. The number of piperidine rings is 1. The van der Waals surface area contributed by atoms with E-state index in [1.54, 1.807) is 0 Å². The van der Waals surface area contributed by atoms with Crippen molar-refractivity contribution < 1.29 is 9.84 Å². The summed E-state index contributed by atoms with van der Waals surface area (Å²) in [6.07, 6.45) is 3.92. The maximum atomic E-state index is 9.97. The van der Waals surface area contributed by atoms with Gasteiger partial charge in [-0.1, -0.05) is 6.42 Å². The molecular formula is C14H28N2O2. The first-order valence-corrected chi connectivity index (χ1v) is 7.41. The third-order valence-corrected chi connectivity index (χ3v) is 4.01. The lowest BCUT2D eigenvalue weighted by Gasteiger charge is -2.44. The highest BCUT2D eigenvalue weighted by Crippen LogP contribution is 2.21. The Labute approximate surface area is 111 Å². The zero-order valence-electron chi connectivity index (χ0n) is 11.8. The second kappa shape index (κ2) is 6.85. The van der Waals surface area contributed by atoms with E-state index in [0.717, 1.165) is 25.7 Å². The Balaban J connectivity index is 1.70. The highest BCUT2D eigenvalue weighted by atomic mass is 16.5. The Hall–Kier alpha value is -0.160. The summed E-state index contributed by atoms with van der Waals surface area (Å²) in [5.41, 5.74) is 0. The zero-order chi connectivity index (χ0) is 13.0. The molecule has 2 unspecified atom stereocenters. The molecule has 2 aliphatic rings. The van der Waals surface area contributed by atoms with Gasteiger partial charge in [-0.05, 0) is 33.2 Å². The van der Waals surface area contributed by atoms with E-state index >= 15 is 0 Å². The van der Waals surface area contributed by atoms with E-state index in [0.29, 0.717) is 6.61 Å². The molecule has 0 aromatic rings. The van der Waals surface area contributed by atoms with Gasteiger partial charge in [-0.25, -0.2) is 0 Å². The molecule has 0 spiro atoms. The van der Waals surface area contributed by atoms with E-state index in [2.05, 4.69) is 9.80 Å². The predicted molar refractivity (Wildman–Crippen MR) is 72.7 cm³/mol. The monoisotopic (exact) mass is 256 g/mol. The number of hydrogen-bond donors (Lipinski definition) is 1. The number of β-amino-alcohol motifs (C(OH)–C–C–N with tert-alkyl or cyclic N) is 1.